The number of nitrogens with zero attached hydrogens (tertiary/aromatic N) is 1. The van der Waals surface area contributed by atoms with Gasteiger partial charge in [0.05, 0.1) is 0 Å². The van der Waals surface area contributed by atoms with E-state index in [1.165, 1.54) is 5.56 Å². The van der Waals surface area contributed by atoms with Gasteiger partial charge >= 0.3 is 6.09 Å². The lowest BCUT2D eigenvalue weighted by Crippen LogP contribution is -2.36. The monoisotopic (exact) mass is 343 g/mol. The molecule has 4 heteroatoms. The van der Waals surface area contributed by atoms with Gasteiger partial charge in [-0.3, -0.25) is 0 Å². The van der Waals surface area contributed by atoms with Crippen molar-refractivity contribution >= 4 is 28.7 Å². The molecule has 0 bridgehead atoms. The van der Waals surface area contributed by atoms with Crippen LogP contribution in [0.3, 0.4) is 0 Å². The summed E-state index contributed by atoms with van der Waals surface area (Å²) in [5, 5.41) is 0. The Labute approximate surface area is 115 Å². The first-order valence-electron chi connectivity index (χ1n) is 5.50. The highest BCUT2D eigenvalue weighted by Gasteiger charge is 2.22. The summed E-state index contributed by atoms with van der Waals surface area (Å²) in [7, 11) is 0. The summed E-state index contributed by atoms with van der Waals surface area (Å²) < 4.78 is 7.00. The molecule has 1 amide bonds. The molecule has 0 atom stereocenters. The molecule has 90 valence electrons. The van der Waals surface area contributed by atoms with E-state index >= 15 is 0 Å². The number of hydrogen-bond donors (Lipinski definition) is 0. The van der Waals surface area contributed by atoms with Crippen molar-refractivity contribution < 1.29 is 9.53 Å². The number of hydrogen-bond acceptors (Lipinski definition) is 2. The third-order valence-corrected chi connectivity index (χ3v) is 3.42. The minimum absolute atomic E-state index is 0.250. The third-order valence-electron chi connectivity index (χ3n) is 2.72. The average Bonchev–Trinajstić information content (AvgIpc) is 2.34. The van der Waals surface area contributed by atoms with E-state index in [2.05, 4.69) is 41.6 Å². The van der Waals surface area contributed by atoms with Crippen molar-refractivity contribution in [2.75, 3.05) is 6.54 Å². The van der Waals surface area contributed by atoms with E-state index < -0.39 is 0 Å². The molecule has 0 spiro atoms. The zero-order valence-electron chi connectivity index (χ0n) is 9.65. The van der Waals surface area contributed by atoms with Crippen molar-refractivity contribution in [2.45, 2.75) is 19.9 Å². The lowest BCUT2D eigenvalue weighted by Gasteiger charge is -2.27. The maximum absolute atomic E-state index is 11.7. The molecule has 1 aromatic rings. The summed E-state index contributed by atoms with van der Waals surface area (Å²) in [6.45, 7) is 3.39. The highest BCUT2D eigenvalue weighted by atomic mass is 127. The van der Waals surface area contributed by atoms with Gasteiger partial charge in [0.2, 0.25) is 0 Å². The van der Waals surface area contributed by atoms with Crippen molar-refractivity contribution in [2.24, 2.45) is 0 Å². The molecule has 17 heavy (non-hydrogen) atoms. The Hall–Kier alpha value is -1.04. The fourth-order valence-corrected chi connectivity index (χ4v) is 2.14. The van der Waals surface area contributed by atoms with E-state index in [9.17, 15) is 4.79 Å². The minimum Gasteiger partial charge on any atom is -0.414 e. The van der Waals surface area contributed by atoms with Crippen LogP contribution in [0.25, 0.3) is 0 Å². The summed E-state index contributed by atoms with van der Waals surface area (Å²) in [5.74, 6) is 0.760. The SMILES string of the molecule is Cc1ccc(CN2CC/C(=C\I)OC2=O)cc1. The van der Waals surface area contributed by atoms with Crippen molar-refractivity contribution in [3.05, 3.63) is 45.2 Å². The van der Waals surface area contributed by atoms with Gasteiger partial charge in [-0.25, -0.2) is 4.79 Å². The number of aryl methyl sites for hydroxylation is 1. The molecule has 0 aliphatic carbocycles. The molecular formula is C13H14INO2. The molecule has 0 N–H and O–H groups in total. The van der Waals surface area contributed by atoms with E-state index in [0.29, 0.717) is 6.54 Å². The van der Waals surface area contributed by atoms with Crippen LogP contribution in [-0.4, -0.2) is 17.5 Å². The highest BCUT2D eigenvalue weighted by molar-refractivity contribution is 14.1. The van der Waals surface area contributed by atoms with Crippen molar-refractivity contribution in [3.63, 3.8) is 0 Å². The number of carbonyl (C=O) groups is 1. The highest BCUT2D eigenvalue weighted by Crippen LogP contribution is 2.19. The van der Waals surface area contributed by atoms with Gasteiger partial charge in [0.25, 0.3) is 0 Å². The molecule has 0 radical (unpaired) electrons. The van der Waals surface area contributed by atoms with Gasteiger partial charge in [-0.2, -0.15) is 0 Å². The Balaban J connectivity index is 2.00. The number of cyclic esters (lactones) is 1. The normalized spacial score (nSPS) is 18.4. The first-order valence-corrected chi connectivity index (χ1v) is 6.75. The van der Waals surface area contributed by atoms with Gasteiger partial charge in [0, 0.05) is 23.6 Å². The molecule has 0 saturated carbocycles. The predicted molar refractivity (Wildman–Crippen MR) is 74.8 cm³/mol. The van der Waals surface area contributed by atoms with Crippen molar-refractivity contribution in [1.82, 2.24) is 4.90 Å². The van der Waals surface area contributed by atoms with E-state index in [1.54, 1.807) is 4.90 Å². The van der Waals surface area contributed by atoms with Crippen LogP contribution in [0.1, 0.15) is 17.5 Å². The summed E-state index contributed by atoms with van der Waals surface area (Å²) in [5.41, 5.74) is 2.36. The van der Waals surface area contributed by atoms with Gasteiger partial charge in [-0.05, 0) is 35.1 Å². The van der Waals surface area contributed by atoms with Crippen LogP contribution in [-0.2, 0) is 11.3 Å². The number of amides is 1. The lowest BCUT2D eigenvalue weighted by molar-refractivity contribution is 0.102. The number of halogens is 1. The number of benzene rings is 1. The average molecular weight is 343 g/mol. The van der Waals surface area contributed by atoms with E-state index in [4.69, 9.17) is 4.74 Å². The molecule has 0 unspecified atom stereocenters. The number of carbonyl (C=O) groups excluding carboxylic acids is 1. The molecule has 1 heterocycles. The number of rotatable bonds is 2. The predicted octanol–water partition coefficient (Wildman–Crippen LogP) is 3.61. The Kier molecular flexibility index (Phi) is 4.04. The second kappa shape index (κ2) is 5.53. The standard InChI is InChI=1S/C13H14INO2/c1-10-2-4-11(5-3-10)9-15-7-6-12(8-14)17-13(15)16/h2-5,8H,6-7,9H2,1H3/b12-8+. The van der Waals surface area contributed by atoms with Gasteiger partial charge < -0.3 is 9.64 Å². The first-order chi connectivity index (χ1) is 8.19. The van der Waals surface area contributed by atoms with Crippen molar-refractivity contribution in [3.8, 4) is 0 Å². The fraction of sp³-hybridized carbons (Fsp3) is 0.308. The summed E-state index contributed by atoms with van der Waals surface area (Å²) in [4.78, 5) is 13.4. The topological polar surface area (TPSA) is 29.5 Å². The molecule has 1 fully saturated rings. The Morgan fingerprint density at radius 3 is 2.71 bits per heavy atom. The van der Waals surface area contributed by atoms with Crippen LogP contribution in [0.15, 0.2) is 34.1 Å². The molecule has 1 aromatic carbocycles. The molecule has 3 nitrogen and oxygen atoms in total. The smallest absolute Gasteiger partial charge is 0.414 e. The van der Waals surface area contributed by atoms with Crippen LogP contribution in [0.2, 0.25) is 0 Å². The Morgan fingerprint density at radius 1 is 1.41 bits per heavy atom. The fourth-order valence-electron chi connectivity index (χ4n) is 1.70. The lowest BCUT2D eigenvalue weighted by atomic mass is 10.1. The largest absolute Gasteiger partial charge is 0.415 e. The first kappa shape index (κ1) is 12.4. The molecule has 1 aliphatic rings. The van der Waals surface area contributed by atoms with E-state index in [-0.39, 0.29) is 6.09 Å². The molecule has 1 saturated heterocycles. The van der Waals surface area contributed by atoms with Crippen LogP contribution < -0.4 is 0 Å². The van der Waals surface area contributed by atoms with E-state index in [0.717, 1.165) is 24.3 Å². The van der Waals surface area contributed by atoms with E-state index in [1.807, 2.05) is 16.2 Å². The number of ether oxygens (including phenoxy) is 1. The van der Waals surface area contributed by atoms with Crippen LogP contribution in [0.5, 0.6) is 0 Å². The molecule has 2 rings (SSSR count). The quantitative estimate of drug-likeness (QED) is 0.768. The van der Waals surface area contributed by atoms with Gasteiger partial charge in [-0.15, -0.1) is 0 Å². The van der Waals surface area contributed by atoms with Gasteiger partial charge in [0.15, 0.2) is 0 Å². The molecule has 1 aliphatic heterocycles. The van der Waals surface area contributed by atoms with Crippen LogP contribution in [0, 0.1) is 6.92 Å². The Morgan fingerprint density at radius 2 is 2.12 bits per heavy atom. The van der Waals surface area contributed by atoms with Gasteiger partial charge in [-0.1, -0.05) is 29.8 Å². The summed E-state index contributed by atoms with van der Waals surface area (Å²) in [6, 6.07) is 8.21. The zero-order chi connectivity index (χ0) is 12.3. The van der Waals surface area contributed by atoms with Crippen LogP contribution in [0.4, 0.5) is 4.79 Å². The van der Waals surface area contributed by atoms with Crippen molar-refractivity contribution in [1.29, 1.82) is 0 Å². The summed E-state index contributed by atoms with van der Waals surface area (Å²) >= 11 is 2.09. The maximum Gasteiger partial charge on any atom is 0.415 e. The zero-order valence-corrected chi connectivity index (χ0v) is 11.8. The summed E-state index contributed by atoms with van der Waals surface area (Å²) in [6.07, 6.45) is 0.542. The maximum atomic E-state index is 11.7. The van der Waals surface area contributed by atoms with Gasteiger partial charge in [0.1, 0.15) is 5.76 Å². The second-order valence-corrected chi connectivity index (χ2v) is 4.72. The third kappa shape index (κ3) is 3.21. The Bertz CT molecular complexity index is 439. The molecular weight excluding hydrogens is 329 g/mol. The minimum atomic E-state index is -0.250. The second-order valence-electron chi connectivity index (χ2n) is 4.10. The van der Waals surface area contributed by atoms with Crippen LogP contribution >= 0.6 is 22.6 Å². The molecule has 0 aromatic heterocycles.